The Balaban J connectivity index is 0.00000112. The summed E-state index contributed by atoms with van der Waals surface area (Å²) in [5, 5.41) is 13.7. The molecule has 1 heterocycles. The molecule has 0 bridgehead atoms. The molecule has 2 rings (SSSR count). The topological polar surface area (TPSA) is 32.3 Å². The van der Waals surface area contributed by atoms with Crippen LogP contribution in [0.1, 0.15) is 23.5 Å². The number of benzene rings is 1. The molecular formula is C11H15BrClNO. The zero-order chi connectivity index (χ0) is 10.1. The Bertz CT molecular complexity index is 351. The highest BCUT2D eigenvalue weighted by Crippen LogP contribution is 2.33. The van der Waals surface area contributed by atoms with Crippen molar-refractivity contribution in [3.8, 4) is 5.75 Å². The first kappa shape index (κ1) is 12.8. The molecule has 15 heavy (non-hydrogen) atoms. The summed E-state index contributed by atoms with van der Waals surface area (Å²) in [5.41, 5.74) is 2.06. The molecule has 84 valence electrons. The predicted molar refractivity (Wildman–Crippen MR) is 68.4 cm³/mol. The second kappa shape index (κ2) is 5.19. The zero-order valence-electron chi connectivity index (χ0n) is 8.59. The van der Waals surface area contributed by atoms with Crippen molar-refractivity contribution in [2.75, 3.05) is 13.1 Å². The van der Waals surface area contributed by atoms with Crippen LogP contribution in [0, 0.1) is 6.92 Å². The average Bonchev–Trinajstić information content (AvgIpc) is 2.64. The summed E-state index contributed by atoms with van der Waals surface area (Å²) < 4.78 is 0. The Hall–Kier alpha value is -0.250. The minimum atomic E-state index is 0. The maximum Gasteiger partial charge on any atom is 0.120 e. The van der Waals surface area contributed by atoms with Crippen molar-refractivity contribution < 1.29 is 5.11 Å². The molecule has 1 aromatic rings. The number of hydrogen-bond donors (Lipinski definition) is 2. The lowest BCUT2D eigenvalue weighted by atomic mass is 9.96. The van der Waals surface area contributed by atoms with Gasteiger partial charge in [-0.25, -0.2) is 0 Å². The molecule has 0 aromatic heterocycles. The Morgan fingerprint density at radius 2 is 2.20 bits per heavy atom. The van der Waals surface area contributed by atoms with Crippen molar-refractivity contribution in [2.24, 2.45) is 0 Å². The summed E-state index contributed by atoms with van der Waals surface area (Å²) >= 11 is 5.92. The van der Waals surface area contributed by atoms with Crippen molar-refractivity contribution in [1.29, 1.82) is 0 Å². The number of phenolic OH excluding ortho intramolecular Hbond substituents is 1. The number of hydrogen-bond acceptors (Lipinski definition) is 2. The van der Waals surface area contributed by atoms with Gasteiger partial charge in [-0.3, -0.25) is 0 Å². The molecule has 1 unspecified atom stereocenters. The number of rotatable bonds is 1. The van der Waals surface area contributed by atoms with Crippen LogP contribution in [0.15, 0.2) is 12.1 Å². The van der Waals surface area contributed by atoms with Crippen LogP contribution in [0.25, 0.3) is 0 Å². The van der Waals surface area contributed by atoms with Gasteiger partial charge in [0.1, 0.15) is 5.75 Å². The van der Waals surface area contributed by atoms with Crippen molar-refractivity contribution in [3.05, 3.63) is 28.3 Å². The van der Waals surface area contributed by atoms with Crippen LogP contribution in [0.2, 0.25) is 5.02 Å². The smallest absolute Gasteiger partial charge is 0.120 e. The summed E-state index contributed by atoms with van der Waals surface area (Å²) in [5.74, 6) is 0.764. The van der Waals surface area contributed by atoms with Gasteiger partial charge in [0, 0.05) is 17.5 Å². The highest BCUT2D eigenvalue weighted by atomic mass is 79.9. The molecule has 2 nitrogen and oxygen atoms in total. The standard InChI is InChI=1S/C11H14ClNO.BrH/c1-7-4-9(8-2-3-13-6-8)11(14)5-10(7)12;/h4-5,8,13-14H,2-3,6H2,1H3;1H. The van der Waals surface area contributed by atoms with Gasteiger partial charge in [-0.05, 0) is 37.1 Å². The van der Waals surface area contributed by atoms with Crippen molar-refractivity contribution in [3.63, 3.8) is 0 Å². The predicted octanol–water partition coefficient (Wildman–Crippen LogP) is 3.01. The van der Waals surface area contributed by atoms with E-state index in [1.165, 1.54) is 0 Å². The fourth-order valence-corrected chi connectivity index (χ4v) is 2.10. The monoisotopic (exact) mass is 291 g/mol. The van der Waals surface area contributed by atoms with Gasteiger partial charge >= 0.3 is 0 Å². The number of aromatic hydroxyl groups is 1. The number of aryl methyl sites for hydroxylation is 1. The quantitative estimate of drug-likeness (QED) is 0.834. The lowest BCUT2D eigenvalue weighted by Gasteiger charge is -2.12. The zero-order valence-corrected chi connectivity index (χ0v) is 11.1. The Kier molecular flexibility index (Phi) is 4.44. The van der Waals surface area contributed by atoms with E-state index in [1.807, 2.05) is 13.0 Å². The van der Waals surface area contributed by atoms with Crippen molar-refractivity contribution >= 4 is 28.6 Å². The van der Waals surface area contributed by atoms with E-state index >= 15 is 0 Å². The lowest BCUT2D eigenvalue weighted by molar-refractivity contribution is 0.462. The molecule has 0 spiro atoms. The molecule has 0 aliphatic carbocycles. The molecule has 0 amide bonds. The van der Waals surface area contributed by atoms with Gasteiger partial charge in [0.15, 0.2) is 0 Å². The minimum Gasteiger partial charge on any atom is -0.508 e. The third-order valence-corrected chi connectivity index (χ3v) is 3.22. The van der Waals surface area contributed by atoms with Crippen LogP contribution in [-0.4, -0.2) is 18.2 Å². The van der Waals surface area contributed by atoms with E-state index in [-0.39, 0.29) is 17.0 Å². The van der Waals surface area contributed by atoms with Crippen LogP contribution < -0.4 is 5.32 Å². The van der Waals surface area contributed by atoms with Gasteiger partial charge in [-0.2, -0.15) is 0 Å². The maximum absolute atomic E-state index is 9.76. The van der Waals surface area contributed by atoms with E-state index in [0.717, 1.165) is 30.6 Å². The minimum absolute atomic E-state index is 0. The van der Waals surface area contributed by atoms with Gasteiger partial charge in [0.05, 0.1) is 0 Å². The average molecular weight is 293 g/mol. The molecular weight excluding hydrogens is 277 g/mol. The highest BCUT2D eigenvalue weighted by Gasteiger charge is 2.20. The van der Waals surface area contributed by atoms with Crippen LogP contribution >= 0.6 is 28.6 Å². The fourth-order valence-electron chi connectivity index (χ4n) is 1.94. The fraction of sp³-hybridized carbons (Fsp3) is 0.455. The van der Waals surface area contributed by atoms with E-state index in [2.05, 4.69) is 5.32 Å². The second-order valence-electron chi connectivity index (χ2n) is 3.85. The first-order chi connectivity index (χ1) is 6.68. The molecule has 0 saturated carbocycles. The molecule has 1 aromatic carbocycles. The molecule has 1 aliphatic rings. The van der Waals surface area contributed by atoms with Gasteiger partial charge in [0.25, 0.3) is 0 Å². The highest BCUT2D eigenvalue weighted by molar-refractivity contribution is 8.93. The first-order valence-electron chi connectivity index (χ1n) is 4.88. The SMILES string of the molecule is Br.Cc1cc(C2CCNC2)c(O)cc1Cl. The molecule has 0 radical (unpaired) electrons. The van der Waals surface area contributed by atoms with Crippen molar-refractivity contribution in [2.45, 2.75) is 19.3 Å². The van der Waals surface area contributed by atoms with E-state index in [0.29, 0.717) is 16.7 Å². The normalized spacial score (nSPS) is 20.0. The van der Waals surface area contributed by atoms with E-state index in [4.69, 9.17) is 11.6 Å². The second-order valence-corrected chi connectivity index (χ2v) is 4.26. The van der Waals surface area contributed by atoms with E-state index in [1.54, 1.807) is 6.07 Å². The van der Waals surface area contributed by atoms with Crippen LogP contribution in [-0.2, 0) is 0 Å². The van der Waals surface area contributed by atoms with E-state index < -0.39 is 0 Å². The Morgan fingerprint density at radius 1 is 1.47 bits per heavy atom. The molecule has 2 N–H and O–H groups in total. The Labute approximate surface area is 105 Å². The first-order valence-corrected chi connectivity index (χ1v) is 5.26. The summed E-state index contributed by atoms with van der Waals surface area (Å²) in [6.07, 6.45) is 1.09. The molecule has 1 fully saturated rings. The summed E-state index contributed by atoms with van der Waals surface area (Å²) in [6, 6.07) is 3.64. The summed E-state index contributed by atoms with van der Waals surface area (Å²) in [4.78, 5) is 0. The van der Waals surface area contributed by atoms with Crippen LogP contribution in [0.3, 0.4) is 0 Å². The summed E-state index contributed by atoms with van der Waals surface area (Å²) in [6.45, 7) is 3.95. The van der Waals surface area contributed by atoms with Gasteiger partial charge < -0.3 is 10.4 Å². The van der Waals surface area contributed by atoms with Gasteiger partial charge in [-0.15, -0.1) is 17.0 Å². The number of halogens is 2. The third-order valence-electron chi connectivity index (χ3n) is 2.81. The van der Waals surface area contributed by atoms with Crippen molar-refractivity contribution in [1.82, 2.24) is 5.32 Å². The number of nitrogens with one attached hydrogen (secondary N) is 1. The third kappa shape index (κ3) is 2.65. The molecule has 1 aliphatic heterocycles. The van der Waals surface area contributed by atoms with Gasteiger partial charge in [-0.1, -0.05) is 17.7 Å². The molecule has 1 saturated heterocycles. The van der Waals surface area contributed by atoms with Gasteiger partial charge in [0.2, 0.25) is 0 Å². The van der Waals surface area contributed by atoms with Crippen LogP contribution in [0.5, 0.6) is 5.75 Å². The largest absolute Gasteiger partial charge is 0.508 e. The maximum atomic E-state index is 9.76. The number of phenols is 1. The summed E-state index contributed by atoms with van der Waals surface area (Å²) in [7, 11) is 0. The van der Waals surface area contributed by atoms with E-state index in [9.17, 15) is 5.11 Å². The lowest BCUT2D eigenvalue weighted by Crippen LogP contribution is -2.08. The molecule has 4 heteroatoms. The van der Waals surface area contributed by atoms with Crippen LogP contribution in [0.4, 0.5) is 0 Å². The Morgan fingerprint density at radius 3 is 2.80 bits per heavy atom. The molecule has 1 atom stereocenters.